The van der Waals surface area contributed by atoms with Gasteiger partial charge in [-0.1, -0.05) is 0 Å². The molecule has 2 heterocycles. The highest BCUT2D eigenvalue weighted by atomic mass is 16.6. The zero-order valence-corrected chi connectivity index (χ0v) is 8.13. The van der Waals surface area contributed by atoms with E-state index in [1.807, 2.05) is 0 Å². The number of carbonyl (C=O) groups is 1. The standard InChI is InChI=1S/C8H6N4O4/c1-16-8(13)7-6-5(10-3-11-7)4(2-9-6)12(14)15/h2-3,9H,1H3. The topological polar surface area (TPSA) is 111 Å². The molecule has 8 nitrogen and oxygen atoms in total. The van der Waals surface area contributed by atoms with Crippen LogP contribution in [0.1, 0.15) is 10.5 Å². The minimum Gasteiger partial charge on any atom is -0.464 e. The second-order valence-corrected chi connectivity index (χ2v) is 2.87. The van der Waals surface area contributed by atoms with Gasteiger partial charge in [0.05, 0.1) is 18.2 Å². The predicted molar refractivity (Wildman–Crippen MR) is 51.9 cm³/mol. The Labute approximate surface area is 88.4 Å². The zero-order chi connectivity index (χ0) is 11.7. The Morgan fingerprint density at radius 2 is 2.31 bits per heavy atom. The summed E-state index contributed by atoms with van der Waals surface area (Å²) in [6.07, 6.45) is 2.24. The summed E-state index contributed by atoms with van der Waals surface area (Å²) in [5, 5.41) is 10.6. The molecule has 2 aromatic rings. The smallest absolute Gasteiger partial charge is 0.358 e. The van der Waals surface area contributed by atoms with Gasteiger partial charge >= 0.3 is 11.7 Å². The number of methoxy groups -OCH3 is 1. The summed E-state index contributed by atoms with van der Waals surface area (Å²) < 4.78 is 4.50. The first kappa shape index (κ1) is 10.0. The molecule has 0 atom stereocenters. The molecule has 0 aromatic carbocycles. The van der Waals surface area contributed by atoms with Gasteiger partial charge in [-0.15, -0.1) is 0 Å². The number of aromatic amines is 1. The van der Waals surface area contributed by atoms with Gasteiger partial charge in [-0.25, -0.2) is 14.8 Å². The molecule has 0 spiro atoms. The van der Waals surface area contributed by atoms with Crippen LogP contribution in [0.2, 0.25) is 0 Å². The minimum absolute atomic E-state index is 0.0272. The molecule has 8 heteroatoms. The van der Waals surface area contributed by atoms with Crippen molar-refractivity contribution in [2.24, 2.45) is 0 Å². The molecular formula is C8H6N4O4. The van der Waals surface area contributed by atoms with Crippen molar-refractivity contribution in [2.75, 3.05) is 7.11 Å². The van der Waals surface area contributed by atoms with Gasteiger partial charge in [-0.05, 0) is 0 Å². The molecule has 2 aromatic heterocycles. The van der Waals surface area contributed by atoms with Crippen molar-refractivity contribution in [3.8, 4) is 0 Å². The minimum atomic E-state index is -0.677. The maximum Gasteiger partial charge on any atom is 0.358 e. The van der Waals surface area contributed by atoms with Gasteiger partial charge in [0.25, 0.3) is 0 Å². The Kier molecular flexibility index (Phi) is 2.24. The number of hydrogen-bond acceptors (Lipinski definition) is 6. The van der Waals surface area contributed by atoms with E-state index >= 15 is 0 Å². The molecule has 0 saturated carbocycles. The van der Waals surface area contributed by atoms with E-state index in [0.717, 1.165) is 12.5 Å². The van der Waals surface area contributed by atoms with Gasteiger partial charge in [0.15, 0.2) is 11.2 Å². The van der Waals surface area contributed by atoms with Crippen molar-refractivity contribution in [2.45, 2.75) is 0 Å². The lowest BCUT2D eigenvalue weighted by Crippen LogP contribution is -2.05. The number of esters is 1. The van der Waals surface area contributed by atoms with Gasteiger partial charge < -0.3 is 9.72 Å². The summed E-state index contributed by atoms with van der Waals surface area (Å²) in [7, 11) is 1.20. The average molecular weight is 222 g/mol. The number of H-pyrrole nitrogens is 1. The molecule has 0 unspecified atom stereocenters. The molecule has 0 amide bonds. The SMILES string of the molecule is COC(=O)c1ncnc2c([N+](=O)[O-])c[nH]c12. The monoisotopic (exact) mass is 222 g/mol. The van der Waals surface area contributed by atoms with Gasteiger partial charge in [0.1, 0.15) is 11.8 Å². The fraction of sp³-hybridized carbons (Fsp3) is 0.125. The number of ether oxygens (including phenoxy) is 1. The van der Waals surface area contributed by atoms with Gasteiger partial charge in [-0.2, -0.15) is 0 Å². The molecule has 82 valence electrons. The van der Waals surface area contributed by atoms with E-state index in [0.29, 0.717) is 0 Å². The van der Waals surface area contributed by atoms with Crippen molar-refractivity contribution >= 4 is 22.7 Å². The molecule has 0 bridgehead atoms. The van der Waals surface area contributed by atoms with Crippen molar-refractivity contribution < 1.29 is 14.5 Å². The van der Waals surface area contributed by atoms with Crippen LogP contribution in [0, 0.1) is 10.1 Å². The summed E-state index contributed by atoms with van der Waals surface area (Å²) in [6, 6.07) is 0. The van der Waals surface area contributed by atoms with Crippen LogP contribution in [0.5, 0.6) is 0 Å². The Morgan fingerprint density at radius 1 is 1.56 bits per heavy atom. The Balaban J connectivity index is 2.71. The molecule has 0 fully saturated rings. The van der Waals surface area contributed by atoms with E-state index in [9.17, 15) is 14.9 Å². The summed E-state index contributed by atoms with van der Waals surface area (Å²) >= 11 is 0. The lowest BCUT2D eigenvalue weighted by atomic mass is 10.3. The second kappa shape index (κ2) is 3.57. The molecule has 0 radical (unpaired) electrons. The number of nitrogens with one attached hydrogen (secondary N) is 1. The van der Waals surface area contributed by atoms with Crippen LogP contribution in [0.4, 0.5) is 5.69 Å². The van der Waals surface area contributed by atoms with Crippen molar-refractivity contribution in [1.82, 2.24) is 15.0 Å². The lowest BCUT2D eigenvalue weighted by molar-refractivity contribution is -0.383. The normalized spacial score (nSPS) is 10.3. The number of rotatable bonds is 2. The third kappa shape index (κ3) is 1.36. The van der Waals surface area contributed by atoms with Gasteiger partial charge in [0.2, 0.25) is 0 Å². The summed E-state index contributed by atoms with van der Waals surface area (Å²) in [5.41, 5.74) is 0.0459. The van der Waals surface area contributed by atoms with Crippen LogP contribution >= 0.6 is 0 Å². The van der Waals surface area contributed by atoms with Crippen LogP contribution in [0.15, 0.2) is 12.5 Å². The lowest BCUT2D eigenvalue weighted by Gasteiger charge is -1.97. The number of nitrogens with zero attached hydrogens (tertiary/aromatic N) is 3. The first-order chi connectivity index (χ1) is 7.65. The molecule has 16 heavy (non-hydrogen) atoms. The number of carbonyl (C=O) groups excluding carboxylic acids is 1. The highest BCUT2D eigenvalue weighted by Gasteiger charge is 2.21. The highest BCUT2D eigenvalue weighted by molar-refractivity contribution is 6.02. The quantitative estimate of drug-likeness (QED) is 0.453. The average Bonchev–Trinajstić information content (AvgIpc) is 2.71. The third-order valence-corrected chi connectivity index (χ3v) is 2.02. The summed E-state index contributed by atoms with van der Waals surface area (Å²) in [5.74, 6) is -0.677. The number of hydrogen-bond donors (Lipinski definition) is 1. The van der Waals surface area contributed by atoms with E-state index in [4.69, 9.17) is 0 Å². The second-order valence-electron chi connectivity index (χ2n) is 2.87. The fourth-order valence-electron chi connectivity index (χ4n) is 1.32. The summed E-state index contributed by atoms with van der Waals surface area (Å²) in [6.45, 7) is 0. The molecule has 0 aliphatic heterocycles. The van der Waals surface area contributed by atoms with Crippen LogP contribution in [-0.4, -0.2) is 33.0 Å². The third-order valence-electron chi connectivity index (χ3n) is 2.02. The van der Waals surface area contributed by atoms with Crippen LogP contribution in [0.25, 0.3) is 11.0 Å². The van der Waals surface area contributed by atoms with Crippen LogP contribution in [0.3, 0.4) is 0 Å². The van der Waals surface area contributed by atoms with E-state index < -0.39 is 10.9 Å². The first-order valence-electron chi connectivity index (χ1n) is 4.20. The van der Waals surface area contributed by atoms with Gasteiger partial charge in [0, 0.05) is 0 Å². The summed E-state index contributed by atoms with van der Waals surface area (Å²) in [4.78, 5) is 31.4. The van der Waals surface area contributed by atoms with E-state index in [1.54, 1.807) is 0 Å². The van der Waals surface area contributed by atoms with Gasteiger partial charge in [-0.3, -0.25) is 10.1 Å². The molecular weight excluding hydrogens is 216 g/mol. The fourth-order valence-corrected chi connectivity index (χ4v) is 1.32. The molecule has 2 rings (SSSR count). The molecule has 0 saturated heterocycles. The molecule has 0 aliphatic rings. The maximum absolute atomic E-state index is 11.3. The predicted octanol–water partition coefficient (Wildman–Crippen LogP) is 0.653. The molecule has 1 N–H and O–H groups in total. The van der Waals surface area contributed by atoms with Crippen molar-refractivity contribution in [1.29, 1.82) is 0 Å². The van der Waals surface area contributed by atoms with Crippen LogP contribution < -0.4 is 0 Å². The zero-order valence-electron chi connectivity index (χ0n) is 8.13. The van der Waals surface area contributed by atoms with E-state index in [2.05, 4.69) is 19.7 Å². The number of nitro groups is 1. The highest BCUT2D eigenvalue weighted by Crippen LogP contribution is 2.24. The van der Waals surface area contributed by atoms with Crippen LogP contribution in [-0.2, 0) is 4.74 Å². The number of aromatic nitrogens is 3. The molecule has 0 aliphatic carbocycles. The number of fused-ring (bicyclic) bond motifs is 1. The Bertz CT molecular complexity index is 576. The largest absolute Gasteiger partial charge is 0.464 e. The van der Waals surface area contributed by atoms with Crippen molar-refractivity contribution in [3.05, 3.63) is 28.3 Å². The maximum atomic E-state index is 11.3. The Hall–Kier alpha value is -2.51. The van der Waals surface area contributed by atoms with E-state index in [1.165, 1.54) is 7.11 Å². The first-order valence-corrected chi connectivity index (χ1v) is 4.20. The Morgan fingerprint density at radius 3 is 2.94 bits per heavy atom. The van der Waals surface area contributed by atoms with Crippen molar-refractivity contribution in [3.63, 3.8) is 0 Å². The van der Waals surface area contributed by atoms with E-state index in [-0.39, 0.29) is 22.4 Å².